The van der Waals surface area contributed by atoms with Crippen LogP contribution in [0.4, 0.5) is 0 Å². The molecule has 0 aliphatic carbocycles. The molecule has 3 nitrogen and oxygen atoms in total. The molecule has 0 saturated carbocycles. The maximum absolute atomic E-state index is 11.8. The van der Waals surface area contributed by atoms with Gasteiger partial charge in [0.05, 0.1) is 12.7 Å². The summed E-state index contributed by atoms with van der Waals surface area (Å²) in [5.74, 6) is -0.0219. The summed E-state index contributed by atoms with van der Waals surface area (Å²) in [6.07, 6.45) is 11.0. The Morgan fingerprint density at radius 1 is 1.05 bits per heavy atom. The predicted molar refractivity (Wildman–Crippen MR) is 81.8 cm³/mol. The maximum Gasteiger partial charge on any atom is 0.163 e. The first-order valence-corrected chi connectivity index (χ1v) is 8.37. The van der Waals surface area contributed by atoms with Crippen LogP contribution in [0.1, 0.15) is 85.0 Å². The molecule has 0 aromatic rings. The van der Waals surface area contributed by atoms with Gasteiger partial charge in [0.15, 0.2) is 5.79 Å². The summed E-state index contributed by atoms with van der Waals surface area (Å²) in [4.78, 5) is 11.8. The quantitative estimate of drug-likeness (QED) is 0.519. The molecular formula is C17H32O3. The van der Waals surface area contributed by atoms with Crippen molar-refractivity contribution in [3.63, 3.8) is 0 Å². The lowest BCUT2D eigenvalue weighted by atomic mass is 10.0. The lowest BCUT2D eigenvalue weighted by Crippen LogP contribution is -2.21. The minimum atomic E-state index is -0.437. The van der Waals surface area contributed by atoms with E-state index in [-0.39, 0.29) is 6.10 Å². The van der Waals surface area contributed by atoms with Crippen LogP contribution in [0.15, 0.2) is 0 Å². The van der Waals surface area contributed by atoms with Gasteiger partial charge < -0.3 is 9.47 Å². The molecule has 0 bridgehead atoms. The molecule has 1 aliphatic rings. The Hall–Kier alpha value is -0.410. The number of unbranched alkanes of at least 4 members (excludes halogenated alkanes) is 5. The van der Waals surface area contributed by atoms with E-state index in [1.165, 1.54) is 32.1 Å². The molecule has 3 heteroatoms. The molecule has 0 amide bonds. The van der Waals surface area contributed by atoms with E-state index in [1.807, 2.05) is 13.8 Å². The zero-order valence-electron chi connectivity index (χ0n) is 13.6. The number of carbonyl (C=O) groups excluding carboxylic acids is 1. The van der Waals surface area contributed by atoms with Crippen molar-refractivity contribution in [2.24, 2.45) is 0 Å². The third-order valence-electron chi connectivity index (χ3n) is 3.86. The van der Waals surface area contributed by atoms with Gasteiger partial charge in [0, 0.05) is 12.8 Å². The van der Waals surface area contributed by atoms with Gasteiger partial charge >= 0.3 is 0 Å². The van der Waals surface area contributed by atoms with E-state index < -0.39 is 5.79 Å². The zero-order valence-corrected chi connectivity index (χ0v) is 13.6. The molecule has 20 heavy (non-hydrogen) atoms. The smallest absolute Gasteiger partial charge is 0.163 e. The Morgan fingerprint density at radius 2 is 1.70 bits per heavy atom. The molecule has 1 fully saturated rings. The first-order valence-electron chi connectivity index (χ1n) is 8.37. The number of Topliss-reactive ketones (excluding diaryl/α,β-unsaturated/α-hetero) is 1. The lowest BCUT2D eigenvalue weighted by Gasteiger charge is -2.16. The molecule has 1 atom stereocenters. The van der Waals surface area contributed by atoms with Crippen LogP contribution in [0.25, 0.3) is 0 Å². The monoisotopic (exact) mass is 284 g/mol. The fourth-order valence-corrected chi connectivity index (χ4v) is 2.66. The summed E-state index contributed by atoms with van der Waals surface area (Å²) in [5, 5.41) is 0. The van der Waals surface area contributed by atoms with E-state index in [1.54, 1.807) is 0 Å². The summed E-state index contributed by atoms with van der Waals surface area (Å²) < 4.78 is 11.2. The van der Waals surface area contributed by atoms with E-state index in [9.17, 15) is 4.79 Å². The Morgan fingerprint density at radius 3 is 2.35 bits per heavy atom. The highest BCUT2D eigenvalue weighted by Crippen LogP contribution is 2.25. The minimum Gasteiger partial charge on any atom is -0.348 e. The van der Waals surface area contributed by atoms with Crippen LogP contribution in [0.5, 0.6) is 0 Å². The molecule has 0 spiro atoms. The van der Waals surface area contributed by atoms with Gasteiger partial charge in [-0.1, -0.05) is 39.0 Å². The van der Waals surface area contributed by atoms with Crippen LogP contribution >= 0.6 is 0 Å². The molecule has 0 N–H and O–H groups in total. The average Bonchev–Trinajstić information content (AvgIpc) is 2.73. The first kappa shape index (κ1) is 17.6. The fraction of sp³-hybridized carbons (Fsp3) is 0.941. The number of carbonyl (C=O) groups is 1. The normalized spacial score (nSPS) is 21.2. The van der Waals surface area contributed by atoms with Crippen molar-refractivity contribution >= 4 is 5.78 Å². The van der Waals surface area contributed by atoms with E-state index in [0.29, 0.717) is 18.8 Å². The molecule has 0 aromatic carbocycles. The highest BCUT2D eigenvalue weighted by molar-refractivity contribution is 5.78. The third-order valence-corrected chi connectivity index (χ3v) is 3.86. The average molecular weight is 284 g/mol. The van der Waals surface area contributed by atoms with Gasteiger partial charge in [-0.3, -0.25) is 4.79 Å². The van der Waals surface area contributed by atoms with Crippen molar-refractivity contribution < 1.29 is 14.3 Å². The fourth-order valence-electron chi connectivity index (χ4n) is 2.66. The number of rotatable bonds is 11. The third kappa shape index (κ3) is 8.01. The first-order chi connectivity index (χ1) is 9.53. The van der Waals surface area contributed by atoms with Crippen LogP contribution in [0.2, 0.25) is 0 Å². The van der Waals surface area contributed by atoms with Crippen LogP contribution < -0.4 is 0 Å². The minimum absolute atomic E-state index is 0.173. The SMILES string of the molecule is CCCCCCCCC(=O)CCC[C@H]1COC(C)(C)O1. The van der Waals surface area contributed by atoms with Crippen LogP contribution in [0, 0.1) is 0 Å². The molecule has 1 heterocycles. The largest absolute Gasteiger partial charge is 0.348 e. The van der Waals surface area contributed by atoms with E-state index in [0.717, 1.165) is 25.7 Å². The summed E-state index contributed by atoms with van der Waals surface area (Å²) in [6, 6.07) is 0. The molecular weight excluding hydrogens is 252 g/mol. The topological polar surface area (TPSA) is 35.5 Å². The van der Waals surface area contributed by atoms with Gasteiger partial charge in [0.2, 0.25) is 0 Å². The Bertz CT molecular complexity index is 273. The Balaban J connectivity index is 1.93. The maximum atomic E-state index is 11.8. The van der Waals surface area contributed by atoms with Gasteiger partial charge in [0.1, 0.15) is 5.78 Å². The van der Waals surface area contributed by atoms with Gasteiger partial charge in [-0.2, -0.15) is 0 Å². The molecule has 118 valence electrons. The standard InChI is InChI=1S/C17H32O3/c1-4-5-6-7-8-9-11-15(18)12-10-13-16-14-19-17(2,3)20-16/h16H,4-14H2,1-3H3/t16-/m0/s1. The van der Waals surface area contributed by atoms with Crippen molar-refractivity contribution in [2.45, 2.75) is 96.9 Å². The van der Waals surface area contributed by atoms with Gasteiger partial charge in [-0.05, 0) is 33.1 Å². The zero-order chi connectivity index (χ0) is 14.8. The molecule has 1 saturated heterocycles. The lowest BCUT2D eigenvalue weighted by molar-refractivity contribution is -0.139. The number of ether oxygens (including phenoxy) is 2. The second-order valence-electron chi connectivity index (χ2n) is 6.40. The van der Waals surface area contributed by atoms with Gasteiger partial charge in [0.25, 0.3) is 0 Å². The summed E-state index contributed by atoms with van der Waals surface area (Å²) >= 11 is 0. The highest BCUT2D eigenvalue weighted by Gasteiger charge is 2.32. The van der Waals surface area contributed by atoms with E-state index in [4.69, 9.17) is 9.47 Å². The predicted octanol–water partition coefficient (Wildman–Crippen LogP) is 4.63. The Kier molecular flexibility index (Phi) is 8.39. The number of ketones is 1. The van der Waals surface area contributed by atoms with Crippen molar-refractivity contribution in [3.8, 4) is 0 Å². The van der Waals surface area contributed by atoms with Gasteiger partial charge in [-0.25, -0.2) is 0 Å². The van der Waals surface area contributed by atoms with Crippen LogP contribution in [-0.4, -0.2) is 24.3 Å². The van der Waals surface area contributed by atoms with Crippen LogP contribution in [-0.2, 0) is 14.3 Å². The van der Waals surface area contributed by atoms with Crippen molar-refractivity contribution in [1.29, 1.82) is 0 Å². The van der Waals surface area contributed by atoms with Crippen molar-refractivity contribution in [1.82, 2.24) is 0 Å². The molecule has 0 radical (unpaired) electrons. The highest BCUT2D eigenvalue weighted by atomic mass is 16.7. The molecule has 1 rings (SSSR count). The molecule has 0 unspecified atom stereocenters. The van der Waals surface area contributed by atoms with Gasteiger partial charge in [-0.15, -0.1) is 0 Å². The Labute approximate surface area is 124 Å². The summed E-state index contributed by atoms with van der Waals surface area (Å²) in [5.41, 5.74) is 0. The van der Waals surface area contributed by atoms with Crippen molar-refractivity contribution in [2.75, 3.05) is 6.61 Å². The summed E-state index contributed by atoms with van der Waals surface area (Å²) in [6.45, 7) is 6.77. The molecule has 1 aliphatic heterocycles. The molecule has 0 aromatic heterocycles. The van der Waals surface area contributed by atoms with E-state index >= 15 is 0 Å². The second kappa shape index (κ2) is 9.51. The van der Waals surface area contributed by atoms with Crippen LogP contribution in [0.3, 0.4) is 0 Å². The second-order valence-corrected chi connectivity index (χ2v) is 6.40. The van der Waals surface area contributed by atoms with E-state index in [2.05, 4.69) is 6.92 Å². The summed E-state index contributed by atoms with van der Waals surface area (Å²) in [7, 11) is 0. The number of hydrogen-bond donors (Lipinski definition) is 0. The van der Waals surface area contributed by atoms with Crippen molar-refractivity contribution in [3.05, 3.63) is 0 Å². The number of hydrogen-bond acceptors (Lipinski definition) is 3.